The molecule has 0 aromatic heterocycles. The molecule has 0 spiro atoms. The number of thioether (sulfide) groups is 1. The van der Waals surface area contributed by atoms with Crippen LogP contribution in [0.25, 0.3) is 0 Å². The molecule has 1 atom stereocenters. The van der Waals surface area contributed by atoms with E-state index >= 15 is 0 Å². The number of likely N-dealkylation sites (tertiary alicyclic amines) is 1. The predicted octanol–water partition coefficient (Wildman–Crippen LogP) is 2.47. The highest BCUT2D eigenvalue weighted by atomic mass is 32.2. The first-order valence-corrected chi connectivity index (χ1v) is 6.54. The average molecular weight is 199 g/mol. The van der Waals surface area contributed by atoms with Crippen molar-refractivity contribution in [2.75, 3.05) is 24.6 Å². The topological polar surface area (TPSA) is 3.24 Å². The van der Waals surface area contributed by atoms with Crippen molar-refractivity contribution in [3.05, 3.63) is 0 Å². The van der Waals surface area contributed by atoms with Gasteiger partial charge in [-0.05, 0) is 24.3 Å². The van der Waals surface area contributed by atoms with Crippen molar-refractivity contribution in [1.82, 2.24) is 4.90 Å². The van der Waals surface area contributed by atoms with E-state index in [1.165, 1.54) is 31.0 Å². The second-order valence-electron chi connectivity index (χ2n) is 5.54. The number of nitrogens with zero attached hydrogens (tertiary/aromatic N) is 1. The minimum atomic E-state index is 0.519. The molecular weight excluding hydrogens is 178 g/mol. The van der Waals surface area contributed by atoms with E-state index in [4.69, 9.17) is 0 Å². The van der Waals surface area contributed by atoms with Crippen molar-refractivity contribution in [2.24, 2.45) is 11.3 Å². The maximum atomic E-state index is 2.71. The summed E-state index contributed by atoms with van der Waals surface area (Å²) in [6.45, 7) is 9.87. The fourth-order valence-corrected chi connectivity index (χ4v) is 3.13. The molecule has 0 radical (unpaired) electrons. The molecule has 0 amide bonds. The fraction of sp³-hybridized carbons (Fsp3) is 1.00. The Kier molecular flexibility index (Phi) is 2.63. The van der Waals surface area contributed by atoms with Gasteiger partial charge in [0.25, 0.3) is 0 Å². The van der Waals surface area contributed by atoms with Crippen LogP contribution in [0.5, 0.6) is 0 Å². The van der Waals surface area contributed by atoms with Crippen LogP contribution < -0.4 is 0 Å². The molecule has 2 heteroatoms. The van der Waals surface area contributed by atoms with E-state index in [1.807, 2.05) is 0 Å². The van der Waals surface area contributed by atoms with Crippen molar-refractivity contribution in [2.45, 2.75) is 33.2 Å². The largest absolute Gasteiger partial charge is 0.298 e. The molecular formula is C11H21NS. The summed E-state index contributed by atoms with van der Waals surface area (Å²) in [5.41, 5.74) is 0.519. The van der Waals surface area contributed by atoms with E-state index in [0.29, 0.717) is 5.41 Å². The smallest absolute Gasteiger partial charge is 0.0277 e. The monoisotopic (exact) mass is 199 g/mol. The molecule has 2 fully saturated rings. The van der Waals surface area contributed by atoms with Crippen LogP contribution in [0, 0.1) is 11.3 Å². The molecule has 76 valence electrons. The number of hydrogen-bond donors (Lipinski definition) is 0. The highest BCUT2D eigenvalue weighted by molar-refractivity contribution is 8.00. The standard InChI is InChI=1S/C11H21NS/c1-11(2,3)9-4-5-12(6-9)10-7-13-8-10/h9-10H,4-8H2,1-3H3. The maximum absolute atomic E-state index is 2.71. The Labute approximate surface area is 86.3 Å². The first kappa shape index (κ1) is 9.85. The molecule has 2 aliphatic heterocycles. The van der Waals surface area contributed by atoms with Crippen LogP contribution in [0.15, 0.2) is 0 Å². The molecule has 0 aromatic carbocycles. The van der Waals surface area contributed by atoms with Crippen molar-refractivity contribution in [3.8, 4) is 0 Å². The average Bonchev–Trinajstić information content (AvgIpc) is 2.29. The minimum absolute atomic E-state index is 0.519. The normalized spacial score (nSPS) is 32.1. The van der Waals surface area contributed by atoms with Crippen LogP contribution in [0.4, 0.5) is 0 Å². The Hall–Kier alpha value is 0.310. The second-order valence-corrected chi connectivity index (χ2v) is 6.61. The van der Waals surface area contributed by atoms with Crippen molar-refractivity contribution >= 4 is 11.8 Å². The Bertz CT molecular complexity index is 181. The summed E-state index contributed by atoms with van der Waals surface area (Å²) in [6.07, 6.45) is 1.42. The Morgan fingerprint density at radius 2 is 1.92 bits per heavy atom. The summed E-state index contributed by atoms with van der Waals surface area (Å²) in [7, 11) is 0. The molecule has 2 aliphatic rings. The van der Waals surface area contributed by atoms with Gasteiger partial charge in [0, 0.05) is 24.1 Å². The lowest BCUT2D eigenvalue weighted by Gasteiger charge is -2.35. The first-order chi connectivity index (χ1) is 6.07. The summed E-state index contributed by atoms with van der Waals surface area (Å²) in [6, 6.07) is 0.928. The lowest BCUT2D eigenvalue weighted by Crippen LogP contribution is -2.43. The molecule has 2 heterocycles. The van der Waals surface area contributed by atoms with Gasteiger partial charge in [0.15, 0.2) is 0 Å². The molecule has 1 unspecified atom stereocenters. The molecule has 0 aromatic rings. The molecule has 2 rings (SSSR count). The summed E-state index contributed by atoms with van der Waals surface area (Å²) in [5, 5.41) is 0. The predicted molar refractivity (Wildman–Crippen MR) is 60.2 cm³/mol. The van der Waals surface area contributed by atoms with Gasteiger partial charge in [-0.1, -0.05) is 20.8 Å². The molecule has 0 bridgehead atoms. The van der Waals surface area contributed by atoms with Gasteiger partial charge in [-0.3, -0.25) is 4.90 Å². The number of rotatable bonds is 1. The zero-order valence-corrected chi connectivity index (χ0v) is 9.86. The van der Waals surface area contributed by atoms with Crippen LogP contribution in [0.1, 0.15) is 27.2 Å². The Morgan fingerprint density at radius 1 is 1.23 bits per heavy atom. The lowest BCUT2D eigenvalue weighted by molar-refractivity contribution is 0.208. The summed E-state index contributed by atoms with van der Waals surface area (Å²) < 4.78 is 0. The van der Waals surface area contributed by atoms with Gasteiger partial charge in [0.2, 0.25) is 0 Å². The van der Waals surface area contributed by atoms with Gasteiger partial charge in [-0.15, -0.1) is 0 Å². The van der Waals surface area contributed by atoms with Gasteiger partial charge in [0.05, 0.1) is 0 Å². The van der Waals surface area contributed by atoms with Gasteiger partial charge in [-0.25, -0.2) is 0 Å². The highest BCUT2D eigenvalue weighted by Gasteiger charge is 2.36. The molecule has 0 N–H and O–H groups in total. The van der Waals surface area contributed by atoms with E-state index in [0.717, 1.165) is 12.0 Å². The maximum Gasteiger partial charge on any atom is 0.0277 e. The van der Waals surface area contributed by atoms with Crippen LogP contribution in [-0.4, -0.2) is 35.5 Å². The first-order valence-electron chi connectivity index (χ1n) is 5.39. The SMILES string of the molecule is CC(C)(C)C1CCN(C2CSC2)C1. The summed E-state index contributed by atoms with van der Waals surface area (Å²) in [5.74, 6) is 3.70. The highest BCUT2D eigenvalue weighted by Crippen LogP contribution is 2.36. The third kappa shape index (κ3) is 2.04. The van der Waals surface area contributed by atoms with E-state index in [9.17, 15) is 0 Å². The Balaban J connectivity index is 1.86. The second kappa shape index (κ2) is 3.47. The van der Waals surface area contributed by atoms with Crippen LogP contribution in [0.2, 0.25) is 0 Å². The molecule has 2 saturated heterocycles. The van der Waals surface area contributed by atoms with E-state index in [-0.39, 0.29) is 0 Å². The quantitative estimate of drug-likeness (QED) is 0.638. The van der Waals surface area contributed by atoms with Gasteiger partial charge >= 0.3 is 0 Å². The Morgan fingerprint density at radius 3 is 2.31 bits per heavy atom. The van der Waals surface area contributed by atoms with Gasteiger partial charge in [-0.2, -0.15) is 11.8 Å². The molecule has 0 saturated carbocycles. The molecule has 1 nitrogen and oxygen atoms in total. The fourth-order valence-electron chi connectivity index (χ4n) is 2.26. The third-order valence-electron chi connectivity index (χ3n) is 3.58. The summed E-state index contributed by atoms with van der Waals surface area (Å²) >= 11 is 2.10. The lowest BCUT2D eigenvalue weighted by atomic mass is 9.80. The molecule has 0 aliphatic carbocycles. The molecule has 13 heavy (non-hydrogen) atoms. The van der Waals surface area contributed by atoms with E-state index < -0.39 is 0 Å². The van der Waals surface area contributed by atoms with Crippen LogP contribution >= 0.6 is 11.8 Å². The van der Waals surface area contributed by atoms with E-state index in [2.05, 4.69) is 37.4 Å². The van der Waals surface area contributed by atoms with Gasteiger partial charge in [0.1, 0.15) is 0 Å². The van der Waals surface area contributed by atoms with Crippen molar-refractivity contribution in [3.63, 3.8) is 0 Å². The van der Waals surface area contributed by atoms with Crippen LogP contribution in [0.3, 0.4) is 0 Å². The van der Waals surface area contributed by atoms with Crippen molar-refractivity contribution < 1.29 is 0 Å². The van der Waals surface area contributed by atoms with Crippen LogP contribution in [-0.2, 0) is 0 Å². The zero-order chi connectivity index (χ0) is 9.47. The minimum Gasteiger partial charge on any atom is -0.298 e. The van der Waals surface area contributed by atoms with Gasteiger partial charge < -0.3 is 0 Å². The zero-order valence-electron chi connectivity index (χ0n) is 9.05. The summed E-state index contributed by atoms with van der Waals surface area (Å²) in [4.78, 5) is 2.71. The van der Waals surface area contributed by atoms with Crippen molar-refractivity contribution in [1.29, 1.82) is 0 Å². The number of hydrogen-bond acceptors (Lipinski definition) is 2. The van der Waals surface area contributed by atoms with E-state index in [1.54, 1.807) is 0 Å². The third-order valence-corrected chi connectivity index (χ3v) is 4.82.